The third-order valence-corrected chi connectivity index (χ3v) is 1.52. The Hall–Kier alpha value is -0.850. The number of aryl methyl sites for hydroxylation is 4. The molecule has 1 aromatic heterocycles. The van der Waals surface area contributed by atoms with E-state index in [2.05, 4.69) is 0 Å². The molecule has 1 heteroatoms. The SMILES string of the molecule is [2H]C([2H])([2H])c1cc(C)[n+](C)cc1C([2H])([2H])[2H]. The van der Waals surface area contributed by atoms with Gasteiger partial charge in [0.25, 0.3) is 0 Å². The molecule has 0 aliphatic heterocycles. The van der Waals surface area contributed by atoms with E-state index in [1.165, 1.54) is 12.3 Å². The second-order valence-corrected chi connectivity index (χ2v) is 2.35. The molecule has 10 heavy (non-hydrogen) atoms. The topological polar surface area (TPSA) is 3.88 Å². The lowest BCUT2D eigenvalue weighted by atomic mass is 10.1. The summed E-state index contributed by atoms with van der Waals surface area (Å²) in [6, 6.07) is 1.41. The average molecular weight is 142 g/mol. The standard InChI is InChI=1S/C9H14N/c1-7-5-9(3)10(4)6-8(7)2/h5-6H,1-4H3/q+1/i1D3,2D3. The van der Waals surface area contributed by atoms with Gasteiger partial charge in [0.2, 0.25) is 0 Å². The second kappa shape index (κ2) is 2.41. The zero-order valence-electron chi connectivity index (χ0n) is 12.1. The fourth-order valence-electron chi connectivity index (χ4n) is 0.753. The predicted molar refractivity (Wildman–Crippen MR) is 41.8 cm³/mol. The van der Waals surface area contributed by atoms with Gasteiger partial charge < -0.3 is 0 Å². The molecule has 0 bridgehead atoms. The Morgan fingerprint density at radius 1 is 1.40 bits per heavy atom. The van der Waals surface area contributed by atoms with Crippen molar-refractivity contribution < 1.29 is 12.8 Å². The summed E-state index contributed by atoms with van der Waals surface area (Å²) in [6.07, 6.45) is 1.37. The minimum Gasteiger partial charge on any atom is -0.205 e. The van der Waals surface area contributed by atoms with E-state index in [1.54, 1.807) is 18.5 Å². The molecule has 1 heterocycles. The first kappa shape index (κ1) is 2.65. The highest BCUT2D eigenvalue weighted by atomic mass is 14.9. The van der Waals surface area contributed by atoms with Crippen LogP contribution in [0.1, 0.15) is 25.0 Å². The number of hydrogen-bond donors (Lipinski definition) is 0. The van der Waals surface area contributed by atoms with Gasteiger partial charge in [0.05, 0.1) is 0 Å². The molecule has 0 amide bonds. The van der Waals surface area contributed by atoms with E-state index >= 15 is 0 Å². The summed E-state index contributed by atoms with van der Waals surface area (Å²) in [7, 11) is 1.69. The highest BCUT2D eigenvalue weighted by molar-refractivity contribution is 5.19. The number of hydrogen-bond acceptors (Lipinski definition) is 0. The number of aromatic nitrogens is 1. The minimum absolute atomic E-state index is 0.0944. The summed E-state index contributed by atoms with van der Waals surface area (Å²) in [5.74, 6) is 0. The lowest BCUT2D eigenvalue weighted by molar-refractivity contribution is -0.678. The van der Waals surface area contributed by atoms with Crippen LogP contribution < -0.4 is 4.57 Å². The van der Waals surface area contributed by atoms with Crippen molar-refractivity contribution in [3.8, 4) is 0 Å². The van der Waals surface area contributed by atoms with Gasteiger partial charge in [0, 0.05) is 26.8 Å². The maximum absolute atomic E-state index is 7.33. The average Bonchev–Trinajstić information content (AvgIpc) is 2.05. The lowest BCUT2D eigenvalue weighted by Crippen LogP contribution is -2.31. The van der Waals surface area contributed by atoms with Crippen LogP contribution in [0, 0.1) is 20.6 Å². The quantitative estimate of drug-likeness (QED) is 0.483. The van der Waals surface area contributed by atoms with Gasteiger partial charge in [-0.05, 0) is 19.3 Å². The zero-order chi connectivity index (χ0) is 12.7. The zero-order valence-corrected chi connectivity index (χ0v) is 6.10. The number of rotatable bonds is 0. The molecule has 0 radical (unpaired) electrons. The molecule has 0 atom stereocenters. The van der Waals surface area contributed by atoms with Crippen molar-refractivity contribution in [3.05, 3.63) is 29.1 Å². The van der Waals surface area contributed by atoms with Crippen LogP contribution in [0.3, 0.4) is 0 Å². The lowest BCUT2D eigenvalue weighted by Gasteiger charge is -1.98. The van der Waals surface area contributed by atoms with Gasteiger partial charge in [0.1, 0.15) is 7.05 Å². The fraction of sp³-hybridized carbons (Fsp3) is 0.444. The normalized spacial score (nSPS) is 21.4. The Labute approximate surface area is 70.8 Å². The van der Waals surface area contributed by atoms with E-state index in [4.69, 9.17) is 8.22 Å². The molecule has 1 rings (SSSR count). The van der Waals surface area contributed by atoms with E-state index in [0.717, 1.165) is 0 Å². The van der Waals surface area contributed by atoms with Crippen LogP contribution in [-0.4, -0.2) is 0 Å². The van der Waals surface area contributed by atoms with Crippen molar-refractivity contribution in [2.24, 2.45) is 7.05 Å². The first-order valence-corrected chi connectivity index (χ1v) is 3.05. The maximum atomic E-state index is 7.33. The van der Waals surface area contributed by atoms with Crippen LogP contribution in [0.25, 0.3) is 0 Å². The van der Waals surface area contributed by atoms with Gasteiger partial charge in [-0.25, -0.2) is 4.57 Å². The van der Waals surface area contributed by atoms with E-state index in [-0.39, 0.29) is 11.1 Å². The van der Waals surface area contributed by atoms with Crippen molar-refractivity contribution in [3.63, 3.8) is 0 Å². The minimum atomic E-state index is -2.41. The molecule has 54 valence electrons. The van der Waals surface area contributed by atoms with Gasteiger partial charge >= 0.3 is 0 Å². The second-order valence-electron chi connectivity index (χ2n) is 2.35. The van der Waals surface area contributed by atoms with Crippen LogP contribution >= 0.6 is 0 Å². The molecule has 1 nitrogen and oxygen atoms in total. The number of pyridine rings is 1. The first-order chi connectivity index (χ1) is 7.03. The molecule has 0 saturated heterocycles. The monoisotopic (exact) mass is 142 g/mol. The Morgan fingerprint density at radius 3 is 2.70 bits per heavy atom. The van der Waals surface area contributed by atoms with Crippen LogP contribution in [0.4, 0.5) is 0 Å². The molecule has 0 N–H and O–H groups in total. The van der Waals surface area contributed by atoms with Crippen molar-refractivity contribution in [1.82, 2.24) is 0 Å². The van der Waals surface area contributed by atoms with Gasteiger partial charge in [-0.1, -0.05) is 0 Å². The summed E-state index contributed by atoms with van der Waals surface area (Å²) in [5, 5.41) is 0. The largest absolute Gasteiger partial charge is 0.205 e. The molecular weight excluding hydrogens is 122 g/mol. The van der Waals surface area contributed by atoms with Gasteiger partial charge in [-0.2, -0.15) is 0 Å². The van der Waals surface area contributed by atoms with Crippen molar-refractivity contribution in [1.29, 1.82) is 0 Å². The van der Waals surface area contributed by atoms with Crippen molar-refractivity contribution in [2.45, 2.75) is 20.6 Å². The fourth-order valence-corrected chi connectivity index (χ4v) is 0.753. The molecule has 0 aliphatic carbocycles. The number of nitrogens with zero attached hydrogens (tertiary/aromatic N) is 1. The van der Waals surface area contributed by atoms with Gasteiger partial charge in [-0.3, -0.25) is 0 Å². The summed E-state index contributed by atoms with van der Waals surface area (Å²) in [6.45, 7) is -3.07. The van der Waals surface area contributed by atoms with Gasteiger partial charge in [0.15, 0.2) is 11.9 Å². The third kappa shape index (κ3) is 1.18. The van der Waals surface area contributed by atoms with Crippen LogP contribution in [0.2, 0.25) is 0 Å². The Balaban J connectivity index is 3.53. The highest BCUT2D eigenvalue weighted by Crippen LogP contribution is 2.02. The highest BCUT2D eigenvalue weighted by Gasteiger charge is 2.02. The van der Waals surface area contributed by atoms with Gasteiger partial charge in [-0.15, -0.1) is 0 Å². The molecular formula is C9H14N+. The summed E-state index contributed by atoms with van der Waals surface area (Å²) >= 11 is 0. The molecule has 0 fully saturated rings. The predicted octanol–water partition coefficient (Wildman–Crippen LogP) is 1.44. The Morgan fingerprint density at radius 2 is 2.10 bits per heavy atom. The van der Waals surface area contributed by atoms with E-state index in [9.17, 15) is 0 Å². The summed E-state index contributed by atoms with van der Waals surface area (Å²) in [5.41, 5.74) is 0.503. The molecule has 0 saturated carbocycles. The molecule has 0 aromatic carbocycles. The molecule has 0 aliphatic rings. The smallest absolute Gasteiger partial charge is 0.178 e. The van der Waals surface area contributed by atoms with Crippen LogP contribution in [0.5, 0.6) is 0 Å². The first-order valence-electron chi connectivity index (χ1n) is 6.05. The van der Waals surface area contributed by atoms with Crippen LogP contribution in [-0.2, 0) is 7.05 Å². The Kier molecular flexibility index (Phi) is 0.638. The Bertz CT molecular complexity index is 365. The van der Waals surface area contributed by atoms with E-state index in [1.807, 2.05) is 0 Å². The summed E-state index contributed by atoms with van der Waals surface area (Å²) < 4.78 is 45.6. The van der Waals surface area contributed by atoms with E-state index in [0.29, 0.717) is 5.69 Å². The van der Waals surface area contributed by atoms with Crippen LogP contribution in [0.15, 0.2) is 12.3 Å². The van der Waals surface area contributed by atoms with Crippen molar-refractivity contribution >= 4 is 0 Å². The van der Waals surface area contributed by atoms with E-state index < -0.39 is 13.7 Å². The van der Waals surface area contributed by atoms with Crippen molar-refractivity contribution in [2.75, 3.05) is 0 Å². The molecule has 0 unspecified atom stereocenters. The maximum Gasteiger partial charge on any atom is 0.178 e. The molecule has 1 aromatic rings. The summed E-state index contributed by atoms with van der Waals surface area (Å²) in [4.78, 5) is 0. The third-order valence-electron chi connectivity index (χ3n) is 1.52. The molecule has 0 spiro atoms.